The molecule has 0 amide bonds. The first kappa shape index (κ1) is 19.9. The molecule has 0 fully saturated rings. The molecule has 0 atom stereocenters. The molecule has 2 N–H and O–H groups in total. The number of oxime groups is 1. The lowest BCUT2D eigenvalue weighted by Crippen LogP contribution is -2.15. The smallest absolute Gasteiger partial charge is 0.365 e. The van der Waals surface area contributed by atoms with Gasteiger partial charge in [-0.3, -0.25) is 0 Å². The number of carbonyl (C=O) groups excluding carboxylic acids is 1. The number of hydrogen-bond acceptors (Lipinski definition) is 4. The van der Waals surface area contributed by atoms with Gasteiger partial charge < -0.3 is 15.3 Å². The Morgan fingerprint density at radius 3 is 2.34 bits per heavy atom. The van der Waals surface area contributed by atoms with Gasteiger partial charge in [-0.05, 0) is 54.1 Å². The first-order valence-electron chi connectivity index (χ1n) is 8.40. The molecule has 0 aliphatic heterocycles. The van der Waals surface area contributed by atoms with Crippen molar-refractivity contribution in [1.29, 1.82) is 0 Å². The molecule has 5 nitrogen and oxygen atoms in total. The third-order valence-electron chi connectivity index (χ3n) is 3.82. The fraction of sp³-hybridized carbons (Fsp3) is 0.0476. The molecule has 3 aromatic carbocycles. The molecule has 0 radical (unpaired) electrons. The van der Waals surface area contributed by atoms with Gasteiger partial charge in [-0.2, -0.15) is 0 Å². The number of nitrogens with zero attached hydrogens (tertiary/aromatic N) is 1. The van der Waals surface area contributed by atoms with Crippen LogP contribution in [-0.4, -0.2) is 11.8 Å². The molecule has 3 aromatic rings. The van der Waals surface area contributed by atoms with Gasteiger partial charge >= 0.3 is 5.97 Å². The maximum atomic E-state index is 13.6. The molecule has 29 heavy (non-hydrogen) atoms. The minimum absolute atomic E-state index is 0.0509. The standard InChI is InChI=1S/C21H15F3N2O3/c22-16-6-4-14(5-7-16)20(25)26-29-21(27)15-3-1-2-13(10-15)12-28-19-9-8-17(23)11-18(19)24/h1-11H,12H2,(H2,25,26). The summed E-state index contributed by atoms with van der Waals surface area (Å²) in [5.74, 6) is -2.95. The molecular weight excluding hydrogens is 385 g/mol. The van der Waals surface area contributed by atoms with Crippen LogP contribution in [0.5, 0.6) is 5.75 Å². The van der Waals surface area contributed by atoms with Crippen LogP contribution in [0.4, 0.5) is 13.2 Å². The van der Waals surface area contributed by atoms with Crippen molar-refractivity contribution in [2.75, 3.05) is 0 Å². The zero-order valence-corrected chi connectivity index (χ0v) is 14.9. The predicted molar refractivity (Wildman–Crippen MR) is 99.7 cm³/mol. The maximum Gasteiger partial charge on any atom is 0.365 e. The Bertz CT molecular complexity index is 1050. The maximum absolute atomic E-state index is 13.6. The molecule has 0 spiro atoms. The largest absolute Gasteiger partial charge is 0.486 e. The zero-order chi connectivity index (χ0) is 20.8. The molecule has 0 bridgehead atoms. The monoisotopic (exact) mass is 400 g/mol. The van der Waals surface area contributed by atoms with Crippen LogP contribution in [0.1, 0.15) is 21.5 Å². The quantitative estimate of drug-likeness (QED) is 0.292. The highest BCUT2D eigenvalue weighted by Gasteiger charge is 2.10. The highest BCUT2D eigenvalue weighted by Crippen LogP contribution is 2.19. The van der Waals surface area contributed by atoms with E-state index in [-0.39, 0.29) is 23.8 Å². The Labute approximate surface area is 164 Å². The fourth-order valence-corrected chi connectivity index (χ4v) is 2.36. The number of hydrogen-bond donors (Lipinski definition) is 1. The topological polar surface area (TPSA) is 73.9 Å². The van der Waals surface area contributed by atoms with Crippen molar-refractivity contribution in [3.05, 3.63) is 101 Å². The Kier molecular flexibility index (Phi) is 6.13. The van der Waals surface area contributed by atoms with E-state index in [4.69, 9.17) is 15.3 Å². The summed E-state index contributed by atoms with van der Waals surface area (Å²) >= 11 is 0. The molecular formula is C21H15F3N2O3. The van der Waals surface area contributed by atoms with Gasteiger partial charge in [-0.1, -0.05) is 17.3 Å². The van der Waals surface area contributed by atoms with E-state index in [1.54, 1.807) is 12.1 Å². The third-order valence-corrected chi connectivity index (χ3v) is 3.82. The Hall–Kier alpha value is -3.81. The second-order valence-corrected chi connectivity index (χ2v) is 5.93. The lowest BCUT2D eigenvalue weighted by molar-refractivity contribution is 0.0516. The highest BCUT2D eigenvalue weighted by atomic mass is 19.1. The minimum atomic E-state index is -0.828. The SMILES string of the molecule is N/C(=N\OC(=O)c1cccc(COc2ccc(F)cc2F)c1)c1ccc(F)cc1. The molecule has 0 aliphatic rings. The van der Waals surface area contributed by atoms with Gasteiger partial charge in [0.25, 0.3) is 0 Å². The number of rotatable bonds is 6. The molecule has 0 unspecified atom stereocenters. The van der Waals surface area contributed by atoms with Crippen molar-refractivity contribution in [2.24, 2.45) is 10.9 Å². The van der Waals surface area contributed by atoms with Crippen molar-refractivity contribution in [3.63, 3.8) is 0 Å². The van der Waals surface area contributed by atoms with E-state index in [9.17, 15) is 18.0 Å². The van der Waals surface area contributed by atoms with Gasteiger partial charge in [-0.25, -0.2) is 18.0 Å². The highest BCUT2D eigenvalue weighted by molar-refractivity contribution is 5.98. The average Bonchev–Trinajstić information content (AvgIpc) is 2.72. The van der Waals surface area contributed by atoms with Crippen LogP contribution >= 0.6 is 0 Å². The number of halogens is 3. The Morgan fingerprint density at radius 1 is 0.897 bits per heavy atom. The van der Waals surface area contributed by atoms with E-state index >= 15 is 0 Å². The molecule has 3 rings (SSSR count). The molecule has 0 aliphatic carbocycles. The predicted octanol–water partition coefficient (Wildman–Crippen LogP) is 4.16. The summed E-state index contributed by atoms with van der Waals surface area (Å²) in [5, 5.41) is 3.55. The fourth-order valence-electron chi connectivity index (χ4n) is 2.36. The van der Waals surface area contributed by atoms with Crippen molar-refractivity contribution in [3.8, 4) is 5.75 Å². The van der Waals surface area contributed by atoms with Crippen LogP contribution in [0, 0.1) is 17.5 Å². The van der Waals surface area contributed by atoms with E-state index in [2.05, 4.69) is 5.16 Å². The van der Waals surface area contributed by atoms with Crippen molar-refractivity contribution >= 4 is 11.8 Å². The summed E-state index contributed by atoms with van der Waals surface area (Å²) in [6, 6.07) is 14.4. The van der Waals surface area contributed by atoms with Crippen LogP contribution in [-0.2, 0) is 11.4 Å². The lowest BCUT2D eigenvalue weighted by atomic mass is 10.1. The summed E-state index contributed by atoms with van der Waals surface area (Å²) in [5.41, 5.74) is 6.82. The summed E-state index contributed by atoms with van der Waals surface area (Å²) in [4.78, 5) is 17.0. The second kappa shape index (κ2) is 8.92. The van der Waals surface area contributed by atoms with Crippen LogP contribution in [0.3, 0.4) is 0 Å². The minimum Gasteiger partial charge on any atom is -0.486 e. The summed E-state index contributed by atoms with van der Waals surface area (Å²) < 4.78 is 44.8. The van der Waals surface area contributed by atoms with Gasteiger partial charge in [0.15, 0.2) is 17.4 Å². The normalized spacial score (nSPS) is 11.2. The summed E-state index contributed by atoms with van der Waals surface area (Å²) in [6.45, 7) is -0.0509. The summed E-state index contributed by atoms with van der Waals surface area (Å²) in [7, 11) is 0. The van der Waals surface area contributed by atoms with Gasteiger partial charge in [0.1, 0.15) is 18.2 Å². The molecule has 8 heteroatoms. The number of carbonyl (C=O) groups is 1. The van der Waals surface area contributed by atoms with Crippen molar-refractivity contribution < 1.29 is 27.5 Å². The molecule has 0 saturated heterocycles. The van der Waals surface area contributed by atoms with Crippen LogP contribution < -0.4 is 10.5 Å². The van der Waals surface area contributed by atoms with Gasteiger partial charge in [0.05, 0.1) is 5.56 Å². The van der Waals surface area contributed by atoms with E-state index in [1.165, 1.54) is 42.5 Å². The number of amidine groups is 1. The van der Waals surface area contributed by atoms with Crippen LogP contribution in [0.25, 0.3) is 0 Å². The lowest BCUT2D eigenvalue weighted by Gasteiger charge is -2.08. The Balaban J connectivity index is 1.64. The Morgan fingerprint density at radius 2 is 1.62 bits per heavy atom. The van der Waals surface area contributed by atoms with Crippen molar-refractivity contribution in [1.82, 2.24) is 0 Å². The molecule has 148 valence electrons. The van der Waals surface area contributed by atoms with Crippen LogP contribution in [0.2, 0.25) is 0 Å². The molecule has 0 saturated carbocycles. The van der Waals surface area contributed by atoms with Gasteiger partial charge in [0, 0.05) is 11.6 Å². The molecule has 0 heterocycles. The third kappa shape index (κ3) is 5.35. The zero-order valence-electron chi connectivity index (χ0n) is 14.9. The average molecular weight is 400 g/mol. The molecule has 0 aromatic heterocycles. The number of ether oxygens (including phenoxy) is 1. The van der Waals surface area contributed by atoms with Gasteiger partial charge in [0.2, 0.25) is 0 Å². The first-order chi connectivity index (χ1) is 13.9. The summed E-state index contributed by atoms with van der Waals surface area (Å²) in [6.07, 6.45) is 0. The number of benzene rings is 3. The first-order valence-corrected chi connectivity index (χ1v) is 8.40. The number of nitrogens with two attached hydrogens (primary N) is 1. The van der Waals surface area contributed by atoms with E-state index in [0.717, 1.165) is 6.07 Å². The van der Waals surface area contributed by atoms with Crippen LogP contribution in [0.15, 0.2) is 71.9 Å². The second-order valence-electron chi connectivity index (χ2n) is 5.93. The van der Waals surface area contributed by atoms with E-state index in [1.807, 2.05) is 0 Å². The van der Waals surface area contributed by atoms with E-state index < -0.39 is 23.4 Å². The van der Waals surface area contributed by atoms with Gasteiger partial charge in [-0.15, -0.1) is 0 Å². The van der Waals surface area contributed by atoms with Crippen molar-refractivity contribution in [2.45, 2.75) is 6.61 Å². The van der Waals surface area contributed by atoms with E-state index in [0.29, 0.717) is 17.2 Å².